The Bertz CT molecular complexity index is 880. The van der Waals surface area contributed by atoms with E-state index in [0.29, 0.717) is 6.61 Å². The summed E-state index contributed by atoms with van der Waals surface area (Å²) < 4.78 is 11.0. The van der Waals surface area contributed by atoms with E-state index in [-0.39, 0.29) is 5.97 Å². The van der Waals surface area contributed by atoms with Crippen molar-refractivity contribution < 1.29 is 14.3 Å². The molecule has 31 heavy (non-hydrogen) atoms. The summed E-state index contributed by atoms with van der Waals surface area (Å²) in [7, 11) is 0. The number of morpholine rings is 1. The Balaban J connectivity index is 1.49. The zero-order valence-corrected chi connectivity index (χ0v) is 19.5. The molecule has 0 spiro atoms. The Morgan fingerprint density at radius 1 is 1.26 bits per heavy atom. The fourth-order valence-electron chi connectivity index (χ4n) is 4.69. The molecule has 6 nitrogen and oxygen atoms in total. The van der Waals surface area contributed by atoms with Crippen LogP contribution in [0, 0.1) is 12.3 Å². The first kappa shape index (κ1) is 22.2. The summed E-state index contributed by atoms with van der Waals surface area (Å²) in [6, 6.07) is 8.39. The average Bonchev–Trinajstić information content (AvgIpc) is 3.25. The molecule has 0 N–H and O–H groups in total. The van der Waals surface area contributed by atoms with Crippen LogP contribution in [0.5, 0.6) is 0 Å². The summed E-state index contributed by atoms with van der Waals surface area (Å²) in [5, 5.41) is 1.08. The molecular weight excluding hydrogens is 410 g/mol. The Labute approximate surface area is 189 Å². The lowest BCUT2D eigenvalue weighted by molar-refractivity contribution is -0.159. The van der Waals surface area contributed by atoms with Crippen molar-refractivity contribution in [2.24, 2.45) is 5.41 Å². The maximum absolute atomic E-state index is 13.2. The number of hydrogen-bond donors (Lipinski definition) is 0. The van der Waals surface area contributed by atoms with Gasteiger partial charge in [0.1, 0.15) is 0 Å². The molecule has 0 bridgehead atoms. The SMILES string of the molecule is CCOC(=O)[C@]1(Cc2ccccc2C)CCCN(Cc2cnc(N3CCOCC3)s2)C1. The zero-order chi connectivity index (χ0) is 21.7. The first-order chi connectivity index (χ1) is 15.1. The number of aromatic nitrogens is 1. The van der Waals surface area contributed by atoms with Gasteiger partial charge in [-0.05, 0) is 50.8 Å². The first-order valence-corrected chi connectivity index (χ1v) is 12.1. The molecule has 3 heterocycles. The number of carbonyl (C=O) groups excluding carboxylic acids is 1. The number of anilines is 1. The van der Waals surface area contributed by atoms with Gasteiger partial charge in [0.15, 0.2) is 5.13 Å². The quantitative estimate of drug-likeness (QED) is 0.609. The highest BCUT2D eigenvalue weighted by Gasteiger charge is 2.43. The normalized spacial score (nSPS) is 22.5. The van der Waals surface area contributed by atoms with E-state index in [1.807, 2.05) is 13.1 Å². The van der Waals surface area contributed by atoms with Crippen LogP contribution in [0.3, 0.4) is 0 Å². The number of nitrogens with zero attached hydrogens (tertiary/aromatic N) is 3. The second-order valence-corrected chi connectivity index (χ2v) is 9.72. The summed E-state index contributed by atoms with van der Waals surface area (Å²) >= 11 is 1.76. The zero-order valence-electron chi connectivity index (χ0n) is 18.6. The van der Waals surface area contributed by atoms with Gasteiger partial charge in [0, 0.05) is 37.3 Å². The summed E-state index contributed by atoms with van der Waals surface area (Å²) in [6.07, 6.45) is 4.60. The third kappa shape index (κ3) is 5.27. The van der Waals surface area contributed by atoms with Gasteiger partial charge in [-0.2, -0.15) is 0 Å². The number of esters is 1. The molecule has 0 saturated carbocycles. The minimum atomic E-state index is -0.488. The highest BCUT2D eigenvalue weighted by atomic mass is 32.1. The minimum Gasteiger partial charge on any atom is -0.466 e. The van der Waals surface area contributed by atoms with Crippen LogP contribution in [0.2, 0.25) is 0 Å². The maximum Gasteiger partial charge on any atom is 0.313 e. The van der Waals surface area contributed by atoms with Gasteiger partial charge in [0.2, 0.25) is 0 Å². The Morgan fingerprint density at radius 2 is 2.06 bits per heavy atom. The molecule has 2 aromatic rings. The summed E-state index contributed by atoms with van der Waals surface area (Å²) in [4.78, 5) is 23.8. The van der Waals surface area contributed by atoms with Crippen molar-refractivity contribution in [1.82, 2.24) is 9.88 Å². The van der Waals surface area contributed by atoms with Crippen LogP contribution in [0.1, 0.15) is 35.8 Å². The van der Waals surface area contributed by atoms with Gasteiger partial charge >= 0.3 is 5.97 Å². The van der Waals surface area contributed by atoms with Crippen molar-refractivity contribution in [2.45, 2.75) is 39.7 Å². The van der Waals surface area contributed by atoms with Crippen molar-refractivity contribution in [1.29, 1.82) is 0 Å². The van der Waals surface area contributed by atoms with Gasteiger partial charge in [0.05, 0.1) is 25.2 Å². The second-order valence-electron chi connectivity index (χ2n) is 8.63. The fourth-order valence-corrected chi connectivity index (χ4v) is 5.70. The lowest BCUT2D eigenvalue weighted by atomic mass is 9.74. The number of carbonyl (C=O) groups is 1. The van der Waals surface area contributed by atoms with E-state index in [9.17, 15) is 4.79 Å². The van der Waals surface area contributed by atoms with Gasteiger partial charge in [-0.25, -0.2) is 4.98 Å². The molecule has 1 aromatic heterocycles. The van der Waals surface area contributed by atoms with E-state index < -0.39 is 5.41 Å². The molecule has 0 radical (unpaired) electrons. The third-order valence-corrected chi connectivity index (χ3v) is 7.40. The van der Waals surface area contributed by atoms with Crippen LogP contribution in [0.25, 0.3) is 0 Å². The van der Waals surface area contributed by atoms with Crippen LogP contribution < -0.4 is 4.90 Å². The van der Waals surface area contributed by atoms with Crippen molar-refractivity contribution in [2.75, 3.05) is 50.9 Å². The summed E-state index contributed by atoms with van der Waals surface area (Å²) in [6.45, 7) is 10.3. The Hall–Kier alpha value is -1.96. The number of aryl methyl sites for hydroxylation is 1. The van der Waals surface area contributed by atoms with E-state index in [1.54, 1.807) is 11.3 Å². The summed E-state index contributed by atoms with van der Waals surface area (Å²) in [5.41, 5.74) is 1.99. The van der Waals surface area contributed by atoms with Gasteiger partial charge in [0.25, 0.3) is 0 Å². The highest BCUT2D eigenvalue weighted by molar-refractivity contribution is 7.15. The van der Waals surface area contributed by atoms with Crippen LogP contribution in [-0.4, -0.2) is 61.9 Å². The largest absolute Gasteiger partial charge is 0.466 e. The lowest BCUT2D eigenvalue weighted by Gasteiger charge is -2.41. The standard InChI is InChI=1S/C24H33N3O3S/c1-3-30-22(28)24(15-20-8-5-4-7-19(20)2)9-6-10-26(18-24)17-21-16-25-23(31-21)27-11-13-29-14-12-27/h4-5,7-8,16H,3,6,9-15,17-18H2,1-2H3/t24-/m0/s1. The Kier molecular flexibility index (Phi) is 7.25. The lowest BCUT2D eigenvalue weighted by Crippen LogP contribution is -2.49. The molecule has 2 fully saturated rings. The number of ether oxygens (including phenoxy) is 2. The van der Waals surface area contributed by atoms with Gasteiger partial charge in [-0.15, -0.1) is 11.3 Å². The molecule has 168 valence electrons. The van der Waals surface area contributed by atoms with Gasteiger partial charge in [-0.3, -0.25) is 9.69 Å². The molecule has 2 aliphatic rings. The average molecular weight is 444 g/mol. The van der Waals surface area contributed by atoms with Crippen LogP contribution in [-0.2, 0) is 27.2 Å². The predicted molar refractivity (Wildman–Crippen MR) is 124 cm³/mol. The summed E-state index contributed by atoms with van der Waals surface area (Å²) in [5.74, 6) is -0.0544. The monoisotopic (exact) mass is 443 g/mol. The molecule has 2 saturated heterocycles. The molecule has 0 unspecified atom stereocenters. The van der Waals surface area contributed by atoms with Crippen LogP contribution in [0.15, 0.2) is 30.5 Å². The van der Waals surface area contributed by atoms with Crippen molar-refractivity contribution in [3.05, 3.63) is 46.5 Å². The van der Waals surface area contributed by atoms with Crippen molar-refractivity contribution in [3.8, 4) is 0 Å². The maximum atomic E-state index is 13.2. The van der Waals surface area contributed by atoms with Crippen LogP contribution in [0.4, 0.5) is 5.13 Å². The number of rotatable bonds is 7. The number of thiazole rings is 1. The topological polar surface area (TPSA) is 54.9 Å². The smallest absolute Gasteiger partial charge is 0.313 e. The molecule has 1 atom stereocenters. The molecule has 1 aromatic carbocycles. The number of hydrogen-bond acceptors (Lipinski definition) is 7. The van der Waals surface area contributed by atoms with Crippen molar-refractivity contribution >= 4 is 22.4 Å². The van der Waals surface area contributed by atoms with E-state index >= 15 is 0 Å². The minimum absolute atomic E-state index is 0.0544. The molecule has 2 aliphatic heterocycles. The van der Waals surface area contributed by atoms with Crippen molar-refractivity contribution in [3.63, 3.8) is 0 Å². The number of likely N-dealkylation sites (tertiary alicyclic amines) is 1. The number of benzene rings is 1. The molecule has 4 rings (SSSR count). The Morgan fingerprint density at radius 3 is 2.84 bits per heavy atom. The van der Waals surface area contributed by atoms with Gasteiger partial charge in [-0.1, -0.05) is 24.3 Å². The molecule has 7 heteroatoms. The molecule has 0 aliphatic carbocycles. The van der Waals surface area contributed by atoms with E-state index in [0.717, 1.165) is 70.3 Å². The van der Waals surface area contributed by atoms with E-state index in [2.05, 4.69) is 46.0 Å². The first-order valence-electron chi connectivity index (χ1n) is 11.3. The van der Waals surface area contributed by atoms with Crippen LogP contribution >= 0.6 is 11.3 Å². The van der Waals surface area contributed by atoms with E-state index in [4.69, 9.17) is 9.47 Å². The fraction of sp³-hybridized carbons (Fsp3) is 0.583. The number of piperidine rings is 1. The molecular formula is C24H33N3O3S. The second kappa shape index (κ2) is 10.1. The van der Waals surface area contributed by atoms with E-state index in [1.165, 1.54) is 16.0 Å². The van der Waals surface area contributed by atoms with Gasteiger partial charge < -0.3 is 14.4 Å². The highest BCUT2D eigenvalue weighted by Crippen LogP contribution is 2.37. The third-order valence-electron chi connectivity index (χ3n) is 6.36. The molecule has 0 amide bonds. The predicted octanol–water partition coefficient (Wildman–Crippen LogP) is 3.68.